The highest BCUT2D eigenvalue weighted by Crippen LogP contribution is 2.10. The normalized spacial score (nSPS) is 16.5. The van der Waals surface area contributed by atoms with E-state index in [1.54, 1.807) is 0 Å². The number of primary amides is 1. The topological polar surface area (TPSA) is 234 Å². The number of amides is 5. The van der Waals surface area contributed by atoms with Crippen LogP contribution in [0.5, 0.6) is 0 Å². The largest absolute Gasteiger partial charge is 0.370 e. The first-order valence-corrected chi connectivity index (χ1v) is 9.39. The number of hydrogen-bond donors (Lipinski definition) is 8. The highest BCUT2D eigenvalue weighted by molar-refractivity contribution is 6.04. The van der Waals surface area contributed by atoms with Crippen LogP contribution in [0.4, 0.5) is 4.79 Å². The maximum atomic E-state index is 12.7. The number of likely N-dealkylation sites (N-methyl/N-ethyl adjacent to an activating group) is 1. The van der Waals surface area contributed by atoms with Gasteiger partial charge in [-0.05, 0) is 12.8 Å². The highest BCUT2D eigenvalue weighted by Gasteiger charge is 2.31. The zero-order valence-corrected chi connectivity index (χ0v) is 16.9. The molecule has 0 bridgehead atoms. The summed E-state index contributed by atoms with van der Waals surface area (Å²) in [5, 5.41) is 17.5. The van der Waals surface area contributed by atoms with Gasteiger partial charge in [0, 0.05) is 45.6 Å². The number of carbonyl (C=O) groups is 4. The second kappa shape index (κ2) is 12.2. The van der Waals surface area contributed by atoms with Crippen LogP contribution >= 0.6 is 0 Å². The highest BCUT2D eigenvalue weighted by atomic mass is 16.2. The minimum atomic E-state index is -0.868. The van der Waals surface area contributed by atoms with Crippen LogP contribution in [0.15, 0.2) is 4.99 Å². The minimum absolute atomic E-state index is 0.0350. The Morgan fingerprint density at radius 3 is 2.63 bits per heavy atom. The maximum absolute atomic E-state index is 12.7. The predicted octanol–water partition coefficient (Wildman–Crippen LogP) is -3.55. The third-order valence-corrected chi connectivity index (χ3v) is 4.27. The Hall–Kier alpha value is -3.42. The van der Waals surface area contributed by atoms with Crippen molar-refractivity contribution in [3.8, 4) is 0 Å². The molecule has 0 saturated heterocycles. The zero-order chi connectivity index (χ0) is 22.7. The molecule has 0 aromatic rings. The fraction of sp³-hybridized carbons (Fsp3) is 0.625. The Labute approximate surface area is 173 Å². The molecule has 168 valence electrons. The number of urea groups is 1. The summed E-state index contributed by atoms with van der Waals surface area (Å²) in [5.74, 6) is -1.49. The van der Waals surface area contributed by atoms with Crippen LogP contribution in [0.2, 0.25) is 0 Å². The monoisotopic (exact) mass is 426 g/mol. The van der Waals surface area contributed by atoms with Crippen molar-refractivity contribution in [1.82, 2.24) is 26.2 Å². The van der Waals surface area contributed by atoms with Crippen molar-refractivity contribution in [3.05, 3.63) is 0 Å². The molecule has 1 rings (SSSR count). The van der Waals surface area contributed by atoms with Gasteiger partial charge in [-0.15, -0.1) is 0 Å². The van der Waals surface area contributed by atoms with Gasteiger partial charge in [-0.25, -0.2) is 4.79 Å². The first kappa shape index (κ1) is 24.6. The summed E-state index contributed by atoms with van der Waals surface area (Å²) >= 11 is 0. The molecule has 0 radical (unpaired) electrons. The molecule has 0 aromatic carbocycles. The standard InChI is InChI=1S/C16H30N10O4/c1-26(10-8-22-16(24-13(10)29)25-15(20)30)12(28)7-9(23-11(27)4-5-17)3-2-6-21-14(18)19/h9-10H,2-8,17H2,1H3,(H,23,27)(H4,18,19,21)(H4,20,22,24,25,29,30)/t9-,10?/m0/s1. The van der Waals surface area contributed by atoms with E-state index in [1.165, 1.54) is 11.9 Å². The van der Waals surface area contributed by atoms with Gasteiger partial charge in [0.1, 0.15) is 6.04 Å². The van der Waals surface area contributed by atoms with Gasteiger partial charge in [0.15, 0.2) is 5.96 Å². The van der Waals surface area contributed by atoms with E-state index in [4.69, 9.17) is 22.6 Å². The lowest BCUT2D eigenvalue weighted by Gasteiger charge is -2.30. The van der Waals surface area contributed by atoms with Crippen LogP contribution in [0.3, 0.4) is 0 Å². The summed E-state index contributed by atoms with van der Waals surface area (Å²) in [4.78, 5) is 52.6. The Bertz CT molecular complexity index is 696. The van der Waals surface area contributed by atoms with Gasteiger partial charge in [0.2, 0.25) is 17.8 Å². The summed E-state index contributed by atoms with van der Waals surface area (Å²) in [7, 11) is 1.46. The third-order valence-electron chi connectivity index (χ3n) is 4.27. The van der Waals surface area contributed by atoms with Crippen LogP contribution < -0.4 is 38.5 Å². The molecule has 5 amide bonds. The molecule has 11 N–H and O–H groups in total. The lowest BCUT2D eigenvalue weighted by atomic mass is 10.1. The fourth-order valence-corrected chi connectivity index (χ4v) is 2.75. The average Bonchev–Trinajstić information content (AvgIpc) is 2.64. The number of aliphatic imine (C=N–C) groups is 1. The number of nitrogens with zero attached hydrogens (tertiary/aromatic N) is 2. The van der Waals surface area contributed by atoms with Gasteiger partial charge in [0.25, 0.3) is 5.91 Å². The maximum Gasteiger partial charge on any atom is 0.318 e. The summed E-state index contributed by atoms with van der Waals surface area (Å²) in [6.45, 7) is 0.644. The Balaban J connectivity index is 2.70. The molecular formula is C16H30N10O4. The molecule has 0 spiro atoms. The smallest absolute Gasteiger partial charge is 0.318 e. The molecule has 14 heteroatoms. The Morgan fingerprint density at radius 2 is 2.07 bits per heavy atom. The van der Waals surface area contributed by atoms with Crippen LogP contribution in [0, 0.1) is 5.41 Å². The van der Waals surface area contributed by atoms with Gasteiger partial charge in [0.05, 0.1) is 0 Å². The summed E-state index contributed by atoms with van der Waals surface area (Å²) < 4.78 is 0. The molecule has 2 atom stereocenters. The van der Waals surface area contributed by atoms with Gasteiger partial charge in [-0.3, -0.25) is 25.1 Å². The molecule has 1 heterocycles. The molecule has 1 aliphatic rings. The SMILES string of the molecule is CN(C(=O)C[C@H](CCCNC(=N)N)NC(=O)CCN)C1CNC(NC(N)=O)=NC1=O. The zero-order valence-electron chi connectivity index (χ0n) is 16.9. The second-order valence-corrected chi connectivity index (χ2v) is 6.68. The van der Waals surface area contributed by atoms with Crippen LogP contribution in [0.1, 0.15) is 25.7 Å². The molecule has 0 fully saturated rings. The van der Waals surface area contributed by atoms with E-state index < -0.39 is 24.0 Å². The molecular weight excluding hydrogens is 396 g/mol. The first-order valence-electron chi connectivity index (χ1n) is 9.39. The van der Waals surface area contributed by atoms with Crippen molar-refractivity contribution in [2.75, 3.05) is 26.7 Å². The molecule has 14 nitrogen and oxygen atoms in total. The number of hydrogen-bond acceptors (Lipinski definition) is 7. The van der Waals surface area contributed by atoms with Gasteiger partial charge in [-0.1, -0.05) is 0 Å². The minimum Gasteiger partial charge on any atom is -0.370 e. The van der Waals surface area contributed by atoms with E-state index in [0.717, 1.165) is 0 Å². The first-order chi connectivity index (χ1) is 14.1. The van der Waals surface area contributed by atoms with Crippen molar-refractivity contribution in [3.63, 3.8) is 0 Å². The van der Waals surface area contributed by atoms with Crippen LogP contribution in [-0.4, -0.2) is 79.3 Å². The van der Waals surface area contributed by atoms with Gasteiger partial charge >= 0.3 is 6.03 Å². The Morgan fingerprint density at radius 1 is 1.37 bits per heavy atom. The Kier molecular flexibility index (Phi) is 10.0. The van der Waals surface area contributed by atoms with E-state index >= 15 is 0 Å². The number of carbonyl (C=O) groups excluding carboxylic acids is 4. The lowest BCUT2D eigenvalue weighted by Crippen LogP contribution is -2.57. The second-order valence-electron chi connectivity index (χ2n) is 6.68. The summed E-state index contributed by atoms with van der Waals surface area (Å²) in [6.07, 6.45) is 1.10. The molecule has 1 unspecified atom stereocenters. The van der Waals surface area contributed by atoms with Gasteiger partial charge in [-0.2, -0.15) is 4.99 Å². The molecule has 1 aliphatic heterocycles. The van der Waals surface area contributed by atoms with E-state index in [-0.39, 0.29) is 49.7 Å². The van der Waals surface area contributed by atoms with E-state index in [9.17, 15) is 19.2 Å². The number of rotatable bonds is 10. The predicted molar refractivity (Wildman–Crippen MR) is 109 cm³/mol. The summed E-state index contributed by atoms with van der Waals surface area (Å²) in [6, 6.07) is -2.21. The van der Waals surface area contributed by atoms with Crippen molar-refractivity contribution in [1.29, 1.82) is 5.41 Å². The van der Waals surface area contributed by atoms with Crippen molar-refractivity contribution in [2.45, 2.75) is 37.8 Å². The number of nitrogens with one attached hydrogen (secondary N) is 5. The number of guanidine groups is 2. The average molecular weight is 426 g/mol. The quantitative estimate of drug-likeness (QED) is 0.0986. The van der Waals surface area contributed by atoms with E-state index in [1.807, 2.05) is 0 Å². The fourth-order valence-electron chi connectivity index (χ4n) is 2.75. The van der Waals surface area contributed by atoms with E-state index in [2.05, 4.69) is 26.3 Å². The third kappa shape index (κ3) is 8.72. The summed E-state index contributed by atoms with van der Waals surface area (Å²) in [5.41, 5.74) is 15.6. The van der Waals surface area contributed by atoms with Crippen molar-refractivity contribution >= 4 is 35.7 Å². The van der Waals surface area contributed by atoms with Crippen molar-refractivity contribution in [2.24, 2.45) is 22.2 Å². The molecule has 30 heavy (non-hydrogen) atoms. The van der Waals surface area contributed by atoms with Crippen molar-refractivity contribution < 1.29 is 19.2 Å². The lowest BCUT2D eigenvalue weighted by molar-refractivity contribution is -0.138. The van der Waals surface area contributed by atoms with Gasteiger partial charge < -0.3 is 38.1 Å². The molecule has 0 aliphatic carbocycles. The molecule has 0 aromatic heterocycles. The van der Waals surface area contributed by atoms with E-state index in [0.29, 0.717) is 19.4 Å². The van der Waals surface area contributed by atoms with Crippen LogP contribution in [0.25, 0.3) is 0 Å². The number of nitrogens with two attached hydrogens (primary N) is 3. The molecule has 0 saturated carbocycles. The van der Waals surface area contributed by atoms with Crippen LogP contribution in [-0.2, 0) is 14.4 Å².